The van der Waals surface area contributed by atoms with Gasteiger partial charge in [0.15, 0.2) is 0 Å². The van der Waals surface area contributed by atoms with Gasteiger partial charge in [0.25, 0.3) is 5.91 Å². The molecule has 1 unspecified atom stereocenters. The van der Waals surface area contributed by atoms with Gasteiger partial charge in [-0.1, -0.05) is 29.8 Å². The number of carbonyl (C=O) groups excluding carboxylic acids is 1. The van der Waals surface area contributed by atoms with Crippen LogP contribution in [0.15, 0.2) is 61.1 Å². The predicted molar refractivity (Wildman–Crippen MR) is 110 cm³/mol. The number of hydrogen-bond acceptors (Lipinski definition) is 6. The minimum absolute atomic E-state index is 0.0559. The molecule has 0 saturated carbocycles. The van der Waals surface area contributed by atoms with Crippen molar-refractivity contribution in [2.75, 3.05) is 18.4 Å². The molecule has 1 atom stereocenters. The van der Waals surface area contributed by atoms with Crippen LogP contribution in [-0.2, 0) is 6.61 Å². The summed E-state index contributed by atoms with van der Waals surface area (Å²) in [6.07, 6.45) is 5.67. The number of ether oxygens (including phenoxy) is 1. The molecule has 1 fully saturated rings. The van der Waals surface area contributed by atoms with Crippen LogP contribution in [0.25, 0.3) is 0 Å². The second-order valence-electron chi connectivity index (χ2n) is 6.76. The molecule has 3 aromatic rings. The van der Waals surface area contributed by atoms with Gasteiger partial charge in [-0.15, -0.1) is 0 Å². The van der Waals surface area contributed by atoms with Crippen LogP contribution in [0.5, 0.6) is 5.88 Å². The molecule has 0 spiro atoms. The highest BCUT2D eigenvalue weighted by Gasteiger charge is 2.27. The minimum Gasteiger partial charge on any atom is -0.472 e. The number of aromatic nitrogens is 3. The van der Waals surface area contributed by atoms with E-state index in [9.17, 15) is 4.79 Å². The predicted octanol–water partition coefficient (Wildman–Crippen LogP) is 3.43. The lowest BCUT2D eigenvalue weighted by atomic mass is 10.2. The van der Waals surface area contributed by atoms with E-state index < -0.39 is 0 Å². The zero-order chi connectivity index (χ0) is 20.1. The molecule has 1 saturated heterocycles. The Kier molecular flexibility index (Phi) is 5.86. The standard InChI is InChI=1S/C21H20ClN5O2/c22-16-5-3-4-15(10-16)14-29-20-12-23-11-19(26-20)25-17-7-9-27(13-17)21(28)18-6-1-2-8-24-18/h1-6,8,10-12,17H,7,9,13-14H2,(H,25,26). The highest BCUT2D eigenvalue weighted by Crippen LogP contribution is 2.18. The molecule has 29 heavy (non-hydrogen) atoms. The highest BCUT2D eigenvalue weighted by atomic mass is 35.5. The van der Waals surface area contributed by atoms with Gasteiger partial charge in [-0.2, -0.15) is 4.98 Å². The second-order valence-corrected chi connectivity index (χ2v) is 7.19. The number of carbonyl (C=O) groups is 1. The monoisotopic (exact) mass is 409 g/mol. The molecule has 8 heteroatoms. The first-order valence-electron chi connectivity index (χ1n) is 9.33. The van der Waals surface area contributed by atoms with E-state index in [1.54, 1.807) is 35.6 Å². The van der Waals surface area contributed by atoms with Crippen molar-refractivity contribution in [3.8, 4) is 5.88 Å². The Morgan fingerprint density at radius 1 is 1.24 bits per heavy atom. The zero-order valence-electron chi connectivity index (χ0n) is 15.7. The first-order valence-corrected chi connectivity index (χ1v) is 9.71. The summed E-state index contributed by atoms with van der Waals surface area (Å²) in [6.45, 7) is 1.62. The fourth-order valence-corrected chi connectivity index (χ4v) is 3.41. The molecule has 4 rings (SSSR count). The average Bonchev–Trinajstić information content (AvgIpc) is 3.21. The third kappa shape index (κ3) is 5.00. The molecule has 1 amide bonds. The van der Waals surface area contributed by atoms with Crippen LogP contribution in [-0.4, -0.2) is 44.9 Å². The average molecular weight is 410 g/mol. The molecule has 3 heterocycles. The van der Waals surface area contributed by atoms with E-state index in [-0.39, 0.29) is 11.9 Å². The molecule has 1 aliphatic rings. The molecular formula is C21H20ClN5O2. The summed E-state index contributed by atoms with van der Waals surface area (Å²) in [5, 5.41) is 4.00. The maximum atomic E-state index is 12.5. The van der Waals surface area contributed by atoms with Crippen molar-refractivity contribution in [2.45, 2.75) is 19.1 Å². The molecule has 1 N–H and O–H groups in total. The lowest BCUT2D eigenvalue weighted by Gasteiger charge is -2.17. The molecule has 7 nitrogen and oxygen atoms in total. The van der Waals surface area contributed by atoms with Crippen molar-refractivity contribution in [3.63, 3.8) is 0 Å². The first kappa shape index (κ1) is 19.1. The highest BCUT2D eigenvalue weighted by molar-refractivity contribution is 6.30. The quantitative estimate of drug-likeness (QED) is 0.671. The van der Waals surface area contributed by atoms with Crippen molar-refractivity contribution in [3.05, 3.63) is 77.3 Å². The summed E-state index contributed by atoms with van der Waals surface area (Å²) in [5.74, 6) is 0.986. The molecular weight excluding hydrogens is 390 g/mol. The zero-order valence-corrected chi connectivity index (χ0v) is 16.4. The van der Waals surface area contributed by atoms with Crippen LogP contribution in [0.2, 0.25) is 5.02 Å². The minimum atomic E-state index is -0.0559. The normalized spacial score (nSPS) is 15.9. The number of benzene rings is 1. The number of rotatable bonds is 6. The SMILES string of the molecule is O=C(c1ccccn1)N1CCC(Nc2cncc(OCc3cccc(Cl)c3)n2)C1. The number of anilines is 1. The van der Waals surface area contributed by atoms with Gasteiger partial charge < -0.3 is 15.0 Å². The summed E-state index contributed by atoms with van der Waals surface area (Å²) < 4.78 is 5.72. The van der Waals surface area contributed by atoms with Crippen LogP contribution in [0.4, 0.5) is 5.82 Å². The largest absolute Gasteiger partial charge is 0.472 e. The Labute approximate surface area is 173 Å². The van der Waals surface area contributed by atoms with Crippen LogP contribution >= 0.6 is 11.6 Å². The van der Waals surface area contributed by atoms with Crippen LogP contribution < -0.4 is 10.1 Å². The maximum Gasteiger partial charge on any atom is 0.272 e. The Morgan fingerprint density at radius 2 is 2.17 bits per heavy atom. The second kappa shape index (κ2) is 8.87. The number of nitrogens with one attached hydrogen (secondary N) is 1. The summed E-state index contributed by atoms with van der Waals surface area (Å²) in [6, 6.07) is 12.9. The van der Waals surface area contributed by atoms with Gasteiger partial charge in [-0.3, -0.25) is 14.8 Å². The molecule has 2 aromatic heterocycles. The van der Waals surface area contributed by atoms with E-state index in [4.69, 9.17) is 16.3 Å². The van der Waals surface area contributed by atoms with E-state index in [2.05, 4.69) is 20.3 Å². The van der Waals surface area contributed by atoms with Crippen molar-refractivity contribution in [1.29, 1.82) is 0 Å². The van der Waals surface area contributed by atoms with E-state index in [0.29, 0.717) is 42.1 Å². The molecule has 0 radical (unpaired) electrons. The van der Waals surface area contributed by atoms with E-state index in [1.807, 2.05) is 30.3 Å². The number of pyridine rings is 1. The number of hydrogen-bond donors (Lipinski definition) is 1. The van der Waals surface area contributed by atoms with Crippen molar-refractivity contribution < 1.29 is 9.53 Å². The van der Waals surface area contributed by atoms with Gasteiger partial charge in [0.2, 0.25) is 5.88 Å². The Hall–Kier alpha value is -3.19. The van der Waals surface area contributed by atoms with Crippen LogP contribution in [0.1, 0.15) is 22.5 Å². The number of halogens is 1. The Morgan fingerprint density at radius 3 is 3.00 bits per heavy atom. The summed E-state index contributed by atoms with van der Waals surface area (Å²) >= 11 is 5.99. The van der Waals surface area contributed by atoms with E-state index >= 15 is 0 Å². The van der Waals surface area contributed by atoms with Crippen molar-refractivity contribution in [2.24, 2.45) is 0 Å². The molecule has 0 bridgehead atoms. The van der Waals surface area contributed by atoms with Gasteiger partial charge in [0.05, 0.1) is 12.4 Å². The summed E-state index contributed by atoms with van der Waals surface area (Å²) in [7, 11) is 0. The van der Waals surface area contributed by atoms with E-state index in [0.717, 1.165) is 12.0 Å². The Balaban J connectivity index is 1.33. The maximum absolute atomic E-state index is 12.5. The third-order valence-corrected chi connectivity index (χ3v) is 4.83. The van der Waals surface area contributed by atoms with E-state index in [1.165, 1.54) is 0 Å². The topological polar surface area (TPSA) is 80.2 Å². The summed E-state index contributed by atoms with van der Waals surface area (Å²) in [4.78, 5) is 27.1. The number of amides is 1. The van der Waals surface area contributed by atoms with Crippen molar-refractivity contribution >= 4 is 23.3 Å². The smallest absolute Gasteiger partial charge is 0.272 e. The Bertz CT molecular complexity index is 986. The van der Waals surface area contributed by atoms with Gasteiger partial charge in [0, 0.05) is 30.4 Å². The van der Waals surface area contributed by atoms with Gasteiger partial charge in [0.1, 0.15) is 18.1 Å². The fourth-order valence-electron chi connectivity index (χ4n) is 3.19. The third-order valence-electron chi connectivity index (χ3n) is 4.60. The van der Waals surface area contributed by atoms with Gasteiger partial charge in [-0.05, 0) is 36.2 Å². The lowest BCUT2D eigenvalue weighted by Crippen LogP contribution is -2.32. The van der Waals surface area contributed by atoms with Gasteiger partial charge >= 0.3 is 0 Å². The number of likely N-dealkylation sites (tertiary alicyclic amines) is 1. The first-order chi connectivity index (χ1) is 14.2. The fraction of sp³-hybridized carbons (Fsp3) is 0.238. The van der Waals surface area contributed by atoms with Crippen LogP contribution in [0.3, 0.4) is 0 Å². The molecule has 1 aliphatic heterocycles. The van der Waals surface area contributed by atoms with Crippen molar-refractivity contribution in [1.82, 2.24) is 19.9 Å². The molecule has 148 valence electrons. The van der Waals surface area contributed by atoms with Gasteiger partial charge in [-0.25, -0.2) is 0 Å². The van der Waals surface area contributed by atoms with Crippen LogP contribution in [0, 0.1) is 0 Å². The lowest BCUT2D eigenvalue weighted by molar-refractivity contribution is 0.0786. The molecule has 0 aliphatic carbocycles. The number of nitrogens with zero attached hydrogens (tertiary/aromatic N) is 4. The molecule has 1 aromatic carbocycles. The summed E-state index contributed by atoms with van der Waals surface area (Å²) in [5.41, 5.74) is 1.42.